The van der Waals surface area contributed by atoms with Crippen molar-refractivity contribution < 1.29 is 4.79 Å². The Labute approximate surface area is 188 Å². The molecule has 1 amide bonds. The van der Waals surface area contributed by atoms with Gasteiger partial charge in [-0.25, -0.2) is 0 Å². The summed E-state index contributed by atoms with van der Waals surface area (Å²) in [5.41, 5.74) is 1.44. The first-order valence-corrected chi connectivity index (χ1v) is 11.0. The van der Waals surface area contributed by atoms with E-state index in [9.17, 15) is 4.79 Å². The summed E-state index contributed by atoms with van der Waals surface area (Å²) in [6, 6.07) is 12.4. The summed E-state index contributed by atoms with van der Waals surface area (Å²) in [4.78, 5) is 12.4. The lowest BCUT2D eigenvalue weighted by molar-refractivity contribution is -0.113. The van der Waals surface area contributed by atoms with Gasteiger partial charge >= 0.3 is 0 Å². The number of benzene rings is 2. The largest absolute Gasteiger partial charge is 0.324 e. The number of amides is 1. The zero-order chi connectivity index (χ0) is 21.0. The third-order valence-electron chi connectivity index (χ3n) is 3.90. The van der Waals surface area contributed by atoms with Gasteiger partial charge in [0.05, 0.1) is 16.5 Å². The molecule has 0 saturated heterocycles. The summed E-state index contributed by atoms with van der Waals surface area (Å²) in [7, 11) is 0. The summed E-state index contributed by atoms with van der Waals surface area (Å²) in [5.74, 6) is 1.12. The lowest BCUT2D eigenvalue weighted by atomic mass is 10.2. The van der Waals surface area contributed by atoms with Gasteiger partial charge in [-0.05, 0) is 48.4 Å². The van der Waals surface area contributed by atoms with Crippen molar-refractivity contribution in [1.82, 2.24) is 14.8 Å². The first kappa shape index (κ1) is 22.0. The number of rotatable bonds is 7. The second-order valence-corrected chi connectivity index (χ2v) is 9.00. The molecule has 0 aliphatic rings. The van der Waals surface area contributed by atoms with Crippen molar-refractivity contribution in [2.24, 2.45) is 5.92 Å². The van der Waals surface area contributed by atoms with Crippen LogP contribution in [-0.2, 0) is 11.3 Å². The molecule has 0 aliphatic heterocycles. The van der Waals surface area contributed by atoms with Crippen LogP contribution in [0.4, 0.5) is 5.69 Å². The van der Waals surface area contributed by atoms with Gasteiger partial charge in [-0.1, -0.05) is 60.4 Å². The minimum absolute atomic E-state index is 0.176. The Morgan fingerprint density at radius 3 is 2.41 bits per heavy atom. The molecule has 29 heavy (non-hydrogen) atoms. The normalized spacial score (nSPS) is 11.1. The zero-order valence-electron chi connectivity index (χ0n) is 15.8. The van der Waals surface area contributed by atoms with E-state index in [2.05, 4.69) is 29.4 Å². The molecule has 0 saturated carbocycles. The molecule has 0 unspecified atom stereocenters. The highest BCUT2D eigenvalue weighted by atomic mass is 35.5. The number of nitrogens with one attached hydrogen (secondary N) is 1. The van der Waals surface area contributed by atoms with E-state index in [0.717, 1.165) is 17.9 Å². The van der Waals surface area contributed by atoms with Crippen LogP contribution in [-0.4, -0.2) is 26.4 Å². The maximum atomic E-state index is 12.4. The Bertz CT molecular complexity index is 1010. The minimum atomic E-state index is -0.189. The van der Waals surface area contributed by atoms with Crippen molar-refractivity contribution in [2.45, 2.75) is 25.5 Å². The molecule has 0 aliphatic carbocycles. The highest BCUT2D eigenvalue weighted by Crippen LogP contribution is 2.28. The fourth-order valence-corrected chi connectivity index (χ4v) is 3.97. The lowest BCUT2D eigenvalue weighted by Gasteiger charge is -2.13. The van der Waals surface area contributed by atoms with Gasteiger partial charge in [0.15, 0.2) is 11.0 Å². The summed E-state index contributed by atoms with van der Waals surface area (Å²) in [6.07, 6.45) is 0. The van der Waals surface area contributed by atoms with Crippen molar-refractivity contribution in [3.63, 3.8) is 0 Å². The van der Waals surface area contributed by atoms with Crippen LogP contribution < -0.4 is 5.32 Å². The van der Waals surface area contributed by atoms with Gasteiger partial charge in [-0.15, -0.1) is 10.2 Å². The molecule has 0 atom stereocenters. The standard InChI is InChI=1S/C20H19Cl3N4OS/c1-12(2)10-27-19(13-3-5-14(21)6-4-13)25-26-20(27)29-11-18(28)24-17-8-7-15(22)9-16(17)23/h3-9,12H,10-11H2,1-2H3,(H,24,28). The number of nitrogens with zero attached hydrogens (tertiary/aromatic N) is 3. The monoisotopic (exact) mass is 468 g/mol. The lowest BCUT2D eigenvalue weighted by Crippen LogP contribution is -2.15. The number of carbonyl (C=O) groups excluding carboxylic acids is 1. The van der Waals surface area contributed by atoms with Crippen LogP contribution in [0.15, 0.2) is 47.6 Å². The molecular formula is C20H19Cl3N4OS. The Hall–Kier alpha value is -1.73. The molecule has 1 heterocycles. The highest BCUT2D eigenvalue weighted by molar-refractivity contribution is 7.99. The van der Waals surface area contributed by atoms with Gasteiger partial charge in [0.1, 0.15) is 0 Å². The Morgan fingerprint density at radius 2 is 1.76 bits per heavy atom. The van der Waals surface area contributed by atoms with Crippen molar-refractivity contribution in [3.8, 4) is 11.4 Å². The van der Waals surface area contributed by atoms with Crippen LogP contribution >= 0.6 is 46.6 Å². The zero-order valence-corrected chi connectivity index (χ0v) is 18.9. The van der Waals surface area contributed by atoms with E-state index >= 15 is 0 Å². The van der Waals surface area contributed by atoms with E-state index < -0.39 is 0 Å². The van der Waals surface area contributed by atoms with Gasteiger partial charge in [-0.2, -0.15) is 0 Å². The molecule has 1 N–H and O–H groups in total. The molecule has 5 nitrogen and oxygen atoms in total. The van der Waals surface area contributed by atoms with Crippen molar-refractivity contribution in [3.05, 3.63) is 57.5 Å². The van der Waals surface area contributed by atoms with Crippen LogP contribution in [0.2, 0.25) is 15.1 Å². The van der Waals surface area contributed by atoms with Crippen LogP contribution in [0, 0.1) is 5.92 Å². The molecule has 2 aromatic carbocycles. The van der Waals surface area contributed by atoms with E-state index in [0.29, 0.717) is 31.8 Å². The van der Waals surface area contributed by atoms with E-state index in [1.165, 1.54) is 11.8 Å². The first-order valence-electron chi connectivity index (χ1n) is 8.90. The predicted octanol–water partition coefficient (Wildman–Crippen LogP) is 6.29. The van der Waals surface area contributed by atoms with E-state index in [1.807, 2.05) is 28.8 Å². The SMILES string of the molecule is CC(C)Cn1c(SCC(=O)Nc2ccc(Cl)cc2Cl)nnc1-c1ccc(Cl)cc1. The molecule has 0 spiro atoms. The van der Waals surface area contributed by atoms with Crippen molar-refractivity contribution in [1.29, 1.82) is 0 Å². The number of halogens is 3. The summed E-state index contributed by atoms with van der Waals surface area (Å²) in [6.45, 7) is 4.97. The summed E-state index contributed by atoms with van der Waals surface area (Å²) >= 11 is 19.3. The number of carbonyl (C=O) groups is 1. The number of hydrogen-bond donors (Lipinski definition) is 1. The van der Waals surface area contributed by atoms with Crippen molar-refractivity contribution >= 4 is 58.2 Å². The van der Waals surface area contributed by atoms with E-state index in [4.69, 9.17) is 34.8 Å². The Morgan fingerprint density at radius 1 is 1.07 bits per heavy atom. The van der Waals surface area contributed by atoms with E-state index in [1.54, 1.807) is 18.2 Å². The number of anilines is 1. The number of aromatic nitrogens is 3. The van der Waals surface area contributed by atoms with Gasteiger partial charge < -0.3 is 9.88 Å². The summed E-state index contributed by atoms with van der Waals surface area (Å²) < 4.78 is 2.03. The summed E-state index contributed by atoms with van der Waals surface area (Å²) in [5, 5.41) is 13.7. The third-order valence-corrected chi connectivity index (χ3v) is 5.67. The van der Waals surface area contributed by atoms with Crippen LogP contribution in [0.25, 0.3) is 11.4 Å². The molecule has 0 radical (unpaired) electrons. The smallest absolute Gasteiger partial charge is 0.234 e. The minimum Gasteiger partial charge on any atom is -0.324 e. The molecule has 3 rings (SSSR count). The second-order valence-electron chi connectivity index (χ2n) is 6.78. The average Bonchev–Trinajstić information content (AvgIpc) is 3.05. The maximum absolute atomic E-state index is 12.4. The van der Waals surface area contributed by atoms with Gasteiger partial charge in [-0.3, -0.25) is 4.79 Å². The Kier molecular flexibility index (Phi) is 7.46. The highest BCUT2D eigenvalue weighted by Gasteiger charge is 2.17. The van der Waals surface area contributed by atoms with Crippen LogP contribution in [0.3, 0.4) is 0 Å². The molecule has 0 bridgehead atoms. The molecule has 152 valence electrons. The molecule has 9 heteroatoms. The number of hydrogen-bond acceptors (Lipinski definition) is 4. The quantitative estimate of drug-likeness (QED) is 0.413. The molecule has 1 aromatic heterocycles. The van der Waals surface area contributed by atoms with Gasteiger partial charge in [0.25, 0.3) is 0 Å². The molecular weight excluding hydrogens is 451 g/mol. The molecule has 3 aromatic rings. The fraction of sp³-hybridized carbons (Fsp3) is 0.250. The second kappa shape index (κ2) is 9.85. The average molecular weight is 470 g/mol. The first-order chi connectivity index (χ1) is 13.8. The predicted molar refractivity (Wildman–Crippen MR) is 121 cm³/mol. The Balaban J connectivity index is 1.74. The van der Waals surface area contributed by atoms with Gasteiger partial charge in [0.2, 0.25) is 5.91 Å². The van der Waals surface area contributed by atoms with Crippen molar-refractivity contribution in [2.75, 3.05) is 11.1 Å². The van der Waals surface area contributed by atoms with Crippen LogP contribution in [0.1, 0.15) is 13.8 Å². The van der Waals surface area contributed by atoms with E-state index in [-0.39, 0.29) is 11.7 Å². The number of thioether (sulfide) groups is 1. The fourth-order valence-electron chi connectivity index (χ4n) is 2.64. The molecule has 0 fully saturated rings. The third kappa shape index (κ3) is 5.89. The topological polar surface area (TPSA) is 59.8 Å². The maximum Gasteiger partial charge on any atom is 0.234 e. The van der Waals surface area contributed by atoms with Crippen LogP contribution in [0.5, 0.6) is 0 Å². The van der Waals surface area contributed by atoms with Gasteiger partial charge in [0, 0.05) is 22.2 Å².